The van der Waals surface area contributed by atoms with Crippen LogP contribution < -0.4 is 9.64 Å². The molecule has 0 spiro atoms. The van der Waals surface area contributed by atoms with Crippen molar-refractivity contribution < 1.29 is 23.0 Å². The Morgan fingerprint density at radius 3 is 2.84 bits per heavy atom. The SMILES string of the molecule is C#Cc1c(F)ccc2cc(O)cc(-c3ncc4c(N5CCCCC(C)C5)nc(OC[C@@]56CCCN5C[C@H](F)C6)nc4c3F)c12. The molecule has 3 fully saturated rings. The molecule has 0 radical (unpaired) electrons. The number of pyridine rings is 1. The maximum absolute atomic E-state index is 16.7. The summed E-state index contributed by atoms with van der Waals surface area (Å²) in [4.78, 5) is 18.1. The number of anilines is 1. The molecule has 3 atom stereocenters. The smallest absolute Gasteiger partial charge is 0.319 e. The number of ether oxygens (including phenoxy) is 1. The number of fused-ring (bicyclic) bond motifs is 3. The summed E-state index contributed by atoms with van der Waals surface area (Å²) in [5, 5.41) is 11.6. The summed E-state index contributed by atoms with van der Waals surface area (Å²) in [6.45, 7) is 5.07. The van der Waals surface area contributed by atoms with Crippen molar-refractivity contribution in [2.75, 3.05) is 37.7 Å². The van der Waals surface area contributed by atoms with Crippen molar-refractivity contribution in [3.8, 4) is 35.4 Å². The van der Waals surface area contributed by atoms with Gasteiger partial charge in [-0.15, -0.1) is 6.42 Å². The van der Waals surface area contributed by atoms with E-state index < -0.39 is 23.3 Å². The molecule has 228 valence electrons. The zero-order chi connectivity index (χ0) is 30.6. The van der Waals surface area contributed by atoms with Gasteiger partial charge >= 0.3 is 6.01 Å². The highest BCUT2D eigenvalue weighted by Crippen LogP contribution is 2.42. The lowest BCUT2D eigenvalue weighted by atomic mass is 9.95. The molecular formula is C34H34F3N5O2. The predicted molar refractivity (Wildman–Crippen MR) is 164 cm³/mol. The Balaban J connectivity index is 1.38. The van der Waals surface area contributed by atoms with Gasteiger partial charge in [0.2, 0.25) is 0 Å². The second-order valence-electron chi connectivity index (χ2n) is 12.6. The van der Waals surface area contributed by atoms with Crippen LogP contribution in [0.15, 0.2) is 30.5 Å². The van der Waals surface area contributed by atoms with E-state index in [0.717, 1.165) is 51.7 Å². The standard InChI is InChI=1S/C34H34F3N5O2/c1-3-24-27(36)9-8-21-13-23(43)14-25(28(21)24)30-29(37)31-26(16-38-30)32(41-11-5-4-7-20(2)17-41)40-33(39-31)44-19-34-10-6-12-42(34)18-22(35)15-34/h1,8-9,13-14,16,20,22,43H,4-7,10-12,15,17-19H2,2H3/t20?,22-,34+/m1/s1. The van der Waals surface area contributed by atoms with Crippen molar-refractivity contribution in [1.82, 2.24) is 19.9 Å². The zero-order valence-corrected chi connectivity index (χ0v) is 24.6. The molecule has 7 rings (SSSR count). The zero-order valence-electron chi connectivity index (χ0n) is 24.6. The fourth-order valence-electron chi connectivity index (χ4n) is 7.46. The molecule has 3 aliphatic heterocycles. The molecular weight excluding hydrogens is 567 g/mol. The fourth-order valence-corrected chi connectivity index (χ4v) is 7.46. The Kier molecular flexibility index (Phi) is 7.24. The molecule has 3 saturated heterocycles. The van der Waals surface area contributed by atoms with Gasteiger partial charge in [0.1, 0.15) is 41.4 Å². The first kappa shape index (κ1) is 28.7. The lowest BCUT2D eigenvalue weighted by molar-refractivity contribution is 0.107. The molecule has 1 unspecified atom stereocenters. The molecule has 2 aromatic heterocycles. The largest absolute Gasteiger partial charge is 0.508 e. The predicted octanol–water partition coefficient (Wildman–Crippen LogP) is 6.39. The van der Waals surface area contributed by atoms with Crippen molar-refractivity contribution >= 4 is 27.5 Å². The van der Waals surface area contributed by atoms with Crippen molar-refractivity contribution in [2.24, 2.45) is 5.92 Å². The molecule has 1 N–H and O–H groups in total. The van der Waals surface area contributed by atoms with Crippen molar-refractivity contribution in [3.05, 3.63) is 47.7 Å². The summed E-state index contributed by atoms with van der Waals surface area (Å²) >= 11 is 0. The van der Waals surface area contributed by atoms with Crippen LogP contribution in [0.1, 0.15) is 51.0 Å². The number of terminal acetylenes is 1. The summed E-state index contributed by atoms with van der Waals surface area (Å²) in [6.07, 6.45) is 11.6. The van der Waals surface area contributed by atoms with Crippen LogP contribution >= 0.6 is 0 Å². The maximum Gasteiger partial charge on any atom is 0.319 e. The lowest BCUT2D eigenvalue weighted by Crippen LogP contribution is -2.43. The monoisotopic (exact) mass is 601 g/mol. The number of alkyl halides is 1. The molecule has 44 heavy (non-hydrogen) atoms. The van der Waals surface area contributed by atoms with Crippen molar-refractivity contribution in [2.45, 2.75) is 57.2 Å². The highest BCUT2D eigenvalue weighted by molar-refractivity contribution is 6.03. The van der Waals surface area contributed by atoms with Gasteiger partial charge in [-0.25, -0.2) is 13.2 Å². The maximum atomic E-state index is 16.7. The number of halogens is 3. The summed E-state index contributed by atoms with van der Waals surface area (Å²) in [5.74, 6) is 1.77. The quantitative estimate of drug-likeness (QED) is 0.266. The second kappa shape index (κ2) is 11.1. The molecule has 10 heteroatoms. The van der Waals surface area contributed by atoms with Gasteiger partial charge in [0.05, 0.1) is 16.5 Å². The average Bonchev–Trinajstić information content (AvgIpc) is 3.43. The molecule has 7 nitrogen and oxygen atoms in total. The fraction of sp³-hybridized carbons (Fsp3) is 0.441. The van der Waals surface area contributed by atoms with Gasteiger partial charge in [0.25, 0.3) is 0 Å². The minimum atomic E-state index is -0.911. The average molecular weight is 602 g/mol. The Labute approximate surface area is 254 Å². The van der Waals surface area contributed by atoms with Crippen LogP contribution in [0.5, 0.6) is 11.8 Å². The number of aromatic nitrogens is 3. The molecule has 2 aromatic carbocycles. The Morgan fingerprint density at radius 2 is 2.00 bits per heavy atom. The van der Waals surface area contributed by atoms with E-state index >= 15 is 4.39 Å². The Hall–Kier alpha value is -4.10. The van der Waals surface area contributed by atoms with E-state index in [4.69, 9.17) is 16.1 Å². The topological polar surface area (TPSA) is 74.6 Å². The van der Waals surface area contributed by atoms with E-state index in [-0.39, 0.29) is 46.1 Å². The first-order chi connectivity index (χ1) is 21.3. The second-order valence-corrected chi connectivity index (χ2v) is 12.6. The first-order valence-electron chi connectivity index (χ1n) is 15.3. The van der Waals surface area contributed by atoms with Crippen LogP contribution in [-0.4, -0.2) is 69.5 Å². The normalized spacial score (nSPS) is 24.0. The Bertz CT molecular complexity index is 1810. The number of aromatic hydroxyl groups is 1. The summed E-state index contributed by atoms with van der Waals surface area (Å²) in [5.41, 5.74) is -0.451. The van der Waals surface area contributed by atoms with E-state index in [1.807, 2.05) is 0 Å². The number of phenols is 1. The van der Waals surface area contributed by atoms with Gasteiger partial charge < -0.3 is 14.7 Å². The minimum Gasteiger partial charge on any atom is -0.508 e. The highest BCUT2D eigenvalue weighted by Gasteiger charge is 2.49. The number of nitrogens with zero attached hydrogens (tertiary/aromatic N) is 5. The minimum absolute atomic E-state index is 0.00220. The van der Waals surface area contributed by atoms with Gasteiger partial charge in [0, 0.05) is 43.2 Å². The van der Waals surface area contributed by atoms with Crippen LogP contribution in [0.2, 0.25) is 0 Å². The van der Waals surface area contributed by atoms with E-state index in [9.17, 15) is 13.9 Å². The van der Waals surface area contributed by atoms with Crippen molar-refractivity contribution in [1.29, 1.82) is 0 Å². The van der Waals surface area contributed by atoms with Gasteiger partial charge in [-0.2, -0.15) is 9.97 Å². The van der Waals surface area contributed by atoms with Gasteiger partial charge in [-0.1, -0.05) is 25.3 Å². The van der Waals surface area contributed by atoms with Crippen LogP contribution in [0.3, 0.4) is 0 Å². The Morgan fingerprint density at radius 1 is 1.14 bits per heavy atom. The molecule has 0 bridgehead atoms. The molecule has 0 aliphatic carbocycles. The number of hydrogen-bond acceptors (Lipinski definition) is 7. The summed E-state index contributed by atoms with van der Waals surface area (Å²) in [7, 11) is 0. The van der Waals surface area contributed by atoms with Crippen molar-refractivity contribution in [3.63, 3.8) is 0 Å². The van der Waals surface area contributed by atoms with E-state index in [1.54, 1.807) is 0 Å². The van der Waals surface area contributed by atoms with Gasteiger partial charge in [0.15, 0.2) is 5.82 Å². The summed E-state index contributed by atoms with van der Waals surface area (Å²) < 4.78 is 52.2. The van der Waals surface area contributed by atoms with E-state index in [1.165, 1.54) is 30.5 Å². The van der Waals surface area contributed by atoms with Gasteiger partial charge in [-0.05, 0) is 61.7 Å². The van der Waals surface area contributed by atoms with Crippen LogP contribution in [0.4, 0.5) is 19.0 Å². The number of rotatable bonds is 5. The lowest BCUT2D eigenvalue weighted by Gasteiger charge is -2.31. The molecule has 4 aromatic rings. The van der Waals surface area contributed by atoms with Crippen LogP contribution in [0, 0.1) is 29.9 Å². The third kappa shape index (κ3) is 4.87. The van der Waals surface area contributed by atoms with Gasteiger partial charge in [-0.3, -0.25) is 9.88 Å². The summed E-state index contributed by atoms with van der Waals surface area (Å²) in [6, 6.07) is 5.49. The molecule has 3 aliphatic rings. The molecule has 0 saturated carbocycles. The van der Waals surface area contributed by atoms with E-state index in [2.05, 4.69) is 32.6 Å². The van der Waals surface area contributed by atoms with Crippen LogP contribution in [0.25, 0.3) is 32.9 Å². The first-order valence-corrected chi connectivity index (χ1v) is 15.3. The number of phenolic OH excluding ortho intramolecular Hbond substituents is 1. The molecule has 5 heterocycles. The third-order valence-electron chi connectivity index (χ3n) is 9.53. The number of hydrogen-bond donors (Lipinski definition) is 1. The van der Waals surface area contributed by atoms with Crippen LogP contribution in [-0.2, 0) is 0 Å². The third-order valence-corrected chi connectivity index (χ3v) is 9.53. The molecule has 0 amide bonds. The van der Waals surface area contributed by atoms with E-state index in [0.29, 0.717) is 35.5 Å². The number of benzene rings is 2. The highest BCUT2D eigenvalue weighted by atomic mass is 19.1.